The van der Waals surface area contributed by atoms with Crippen LogP contribution in [0, 0.1) is 6.92 Å². The molecular weight excluding hydrogens is 304 g/mol. The maximum absolute atomic E-state index is 12.0. The van der Waals surface area contributed by atoms with Gasteiger partial charge >= 0.3 is 0 Å². The van der Waals surface area contributed by atoms with Crippen LogP contribution in [-0.4, -0.2) is 16.1 Å². The number of carbonyl (C=O) groups is 1. The monoisotopic (exact) mass is 322 g/mol. The average Bonchev–Trinajstić information content (AvgIpc) is 3.10. The number of furan rings is 1. The summed E-state index contributed by atoms with van der Waals surface area (Å²) in [6, 6.07) is 15.0. The topological polar surface area (TPSA) is 80.0 Å². The minimum absolute atomic E-state index is 0.121. The standard InChI is InChI=1S/C18H18N4O2/c1-13-4-6-14(7-5-13)11-18(23)20-17-9-8-16(21-22-17)19-12-15-3-2-10-24-15/h2-10H,11-12H2,1H3,(H,19,21)(H,20,22,23). The summed E-state index contributed by atoms with van der Waals surface area (Å²) in [7, 11) is 0. The third-order valence-corrected chi connectivity index (χ3v) is 3.44. The highest BCUT2D eigenvalue weighted by atomic mass is 16.3. The highest BCUT2D eigenvalue weighted by Gasteiger charge is 2.06. The Hall–Kier alpha value is -3.15. The zero-order valence-corrected chi connectivity index (χ0v) is 13.3. The number of anilines is 2. The van der Waals surface area contributed by atoms with Gasteiger partial charge in [-0.1, -0.05) is 29.8 Å². The van der Waals surface area contributed by atoms with Gasteiger partial charge in [0.2, 0.25) is 5.91 Å². The summed E-state index contributed by atoms with van der Waals surface area (Å²) in [5, 5.41) is 13.9. The Morgan fingerprint density at radius 3 is 2.46 bits per heavy atom. The van der Waals surface area contributed by atoms with Gasteiger partial charge < -0.3 is 15.1 Å². The molecule has 2 aromatic heterocycles. The summed E-state index contributed by atoms with van der Waals surface area (Å²) in [6.07, 6.45) is 1.93. The first-order valence-electron chi connectivity index (χ1n) is 7.64. The Morgan fingerprint density at radius 2 is 1.79 bits per heavy atom. The van der Waals surface area contributed by atoms with Crippen molar-refractivity contribution < 1.29 is 9.21 Å². The predicted molar refractivity (Wildman–Crippen MR) is 91.6 cm³/mol. The van der Waals surface area contributed by atoms with Crippen LogP contribution in [0.4, 0.5) is 11.6 Å². The van der Waals surface area contributed by atoms with Crippen LogP contribution in [0.5, 0.6) is 0 Å². The molecule has 2 heterocycles. The molecule has 0 aliphatic carbocycles. The van der Waals surface area contributed by atoms with Gasteiger partial charge in [-0.25, -0.2) is 0 Å². The molecule has 6 heteroatoms. The highest BCUT2D eigenvalue weighted by molar-refractivity contribution is 5.91. The van der Waals surface area contributed by atoms with Gasteiger partial charge in [-0.2, -0.15) is 0 Å². The van der Waals surface area contributed by atoms with Crippen molar-refractivity contribution in [1.29, 1.82) is 0 Å². The fourth-order valence-electron chi connectivity index (χ4n) is 2.16. The molecule has 0 unspecified atom stereocenters. The lowest BCUT2D eigenvalue weighted by molar-refractivity contribution is -0.115. The van der Waals surface area contributed by atoms with Gasteiger partial charge in [-0.05, 0) is 36.8 Å². The predicted octanol–water partition coefficient (Wildman–Crippen LogP) is 3.17. The summed E-state index contributed by atoms with van der Waals surface area (Å²) in [5.41, 5.74) is 2.13. The van der Waals surface area contributed by atoms with Gasteiger partial charge in [0.15, 0.2) is 5.82 Å². The smallest absolute Gasteiger partial charge is 0.229 e. The minimum atomic E-state index is -0.121. The van der Waals surface area contributed by atoms with Crippen molar-refractivity contribution in [3.8, 4) is 0 Å². The first-order valence-corrected chi connectivity index (χ1v) is 7.64. The molecule has 0 bridgehead atoms. The molecule has 0 aliphatic rings. The van der Waals surface area contributed by atoms with E-state index in [0.717, 1.165) is 11.3 Å². The molecule has 3 aromatic rings. The van der Waals surface area contributed by atoms with Gasteiger partial charge in [0, 0.05) is 0 Å². The average molecular weight is 322 g/mol. The molecule has 0 aliphatic heterocycles. The zero-order chi connectivity index (χ0) is 16.8. The Morgan fingerprint density at radius 1 is 1.04 bits per heavy atom. The van der Waals surface area contributed by atoms with Crippen LogP contribution in [0.1, 0.15) is 16.9 Å². The molecule has 24 heavy (non-hydrogen) atoms. The van der Waals surface area contributed by atoms with E-state index in [1.165, 1.54) is 5.56 Å². The van der Waals surface area contributed by atoms with Crippen molar-refractivity contribution in [1.82, 2.24) is 10.2 Å². The van der Waals surface area contributed by atoms with Gasteiger partial charge in [0.05, 0.1) is 19.2 Å². The summed E-state index contributed by atoms with van der Waals surface area (Å²) in [5.74, 6) is 1.73. The number of aryl methyl sites for hydroxylation is 1. The van der Waals surface area contributed by atoms with Crippen LogP contribution in [0.15, 0.2) is 59.2 Å². The van der Waals surface area contributed by atoms with Crippen LogP contribution in [0.3, 0.4) is 0 Å². The minimum Gasteiger partial charge on any atom is -0.467 e. The van der Waals surface area contributed by atoms with E-state index in [1.807, 2.05) is 43.3 Å². The summed E-state index contributed by atoms with van der Waals surface area (Å²) in [6.45, 7) is 2.54. The second-order valence-electron chi connectivity index (χ2n) is 5.45. The van der Waals surface area contributed by atoms with E-state index in [0.29, 0.717) is 24.6 Å². The van der Waals surface area contributed by atoms with E-state index < -0.39 is 0 Å². The van der Waals surface area contributed by atoms with Crippen molar-refractivity contribution in [2.24, 2.45) is 0 Å². The van der Waals surface area contributed by atoms with Crippen molar-refractivity contribution in [3.63, 3.8) is 0 Å². The SMILES string of the molecule is Cc1ccc(CC(=O)Nc2ccc(NCc3ccco3)nn2)cc1. The lowest BCUT2D eigenvalue weighted by Crippen LogP contribution is -2.15. The Balaban J connectivity index is 1.51. The number of nitrogens with one attached hydrogen (secondary N) is 2. The normalized spacial score (nSPS) is 10.4. The molecule has 0 fully saturated rings. The number of rotatable bonds is 6. The Bertz CT molecular complexity index is 781. The van der Waals surface area contributed by atoms with Gasteiger partial charge in [-0.15, -0.1) is 10.2 Å². The second-order valence-corrected chi connectivity index (χ2v) is 5.45. The van der Waals surface area contributed by atoms with Crippen molar-refractivity contribution >= 4 is 17.5 Å². The highest BCUT2D eigenvalue weighted by Crippen LogP contribution is 2.10. The van der Waals surface area contributed by atoms with Crippen molar-refractivity contribution in [2.75, 3.05) is 10.6 Å². The van der Waals surface area contributed by atoms with E-state index in [2.05, 4.69) is 20.8 Å². The van der Waals surface area contributed by atoms with Crippen molar-refractivity contribution in [2.45, 2.75) is 19.9 Å². The van der Waals surface area contributed by atoms with Crippen LogP contribution in [0.2, 0.25) is 0 Å². The summed E-state index contributed by atoms with van der Waals surface area (Å²) >= 11 is 0. The zero-order valence-electron chi connectivity index (χ0n) is 13.3. The molecule has 0 spiro atoms. The van der Waals surface area contributed by atoms with Crippen molar-refractivity contribution in [3.05, 3.63) is 71.7 Å². The largest absolute Gasteiger partial charge is 0.467 e. The number of carbonyl (C=O) groups excluding carboxylic acids is 1. The van der Waals surface area contributed by atoms with Crippen LogP contribution >= 0.6 is 0 Å². The lowest BCUT2D eigenvalue weighted by atomic mass is 10.1. The first kappa shape index (κ1) is 15.7. The molecule has 0 saturated carbocycles. The molecule has 6 nitrogen and oxygen atoms in total. The van der Waals surface area contributed by atoms with E-state index >= 15 is 0 Å². The van der Waals surface area contributed by atoms with E-state index in [4.69, 9.17) is 4.42 Å². The lowest BCUT2D eigenvalue weighted by Gasteiger charge is -2.06. The molecule has 0 atom stereocenters. The fourth-order valence-corrected chi connectivity index (χ4v) is 2.16. The van der Waals surface area contributed by atoms with Gasteiger partial charge in [-0.3, -0.25) is 4.79 Å². The Kier molecular flexibility index (Phi) is 4.86. The van der Waals surface area contributed by atoms with Crippen LogP contribution in [0.25, 0.3) is 0 Å². The number of hydrogen-bond acceptors (Lipinski definition) is 5. The number of hydrogen-bond donors (Lipinski definition) is 2. The second kappa shape index (κ2) is 7.41. The molecule has 0 saturated heterocycles. The summed E-state index contributed by atoms with van der Waals surface area (Å²) < 4.78 is 5.23. The molecule has 2 N–H and O–H groups in total. The van der Waals surface area contributed by atoms with E-state index in [1.54, 1.807) is 18.4 Å². The molecule has 3 rings (SSSR count). The molecule has 1 aromatic carbocycles. The molecule has 1 amide bonds. The molecule has 0 radical (unpaired) electrons. The molecule has 122 valence electrons. The number of amides is 1. The quantitative estimate of drug-likeness (QED) is 0.728. The summed E-state index contributed by atoms with van der Waals surface area (Å²) in [4.78, 5) is 12.0. The van der Waals surface area contributed by atoms with E-state index in [9.17, 15) is 4.79 Å². The number of benzene rings is 1. The van der Waals surface area contributed by atoms with Gasteiger partial charge in [0.25, 0.3) is 0 Å². The fraction of sp³-hybridized carbons (Fsp3) is 0.167. The van der Waals surface area contributed by atoms with Crippen LogP contribution < -0.4 is 10.6 Å². The first-order chi connectivity index (χ1) is 11.7. The molecular formula is C18H18N4O2. The number of nitrogens with zero attached hydrogens (tertiary/aromatic N) is 2. The Labute approximate surface area is 139 Å². The van der Waals surface area contributed by atoms with Crippen LogP contribution in [-0.2, 0) is 17.8 Å². The van der Waals surface area contributed by atoms with Gasteiger partial charge in [0.1, 0.15) is 11.6 Å². The maximum atomic E-state index is 12.0. The third-order valence-electron chi connectivity index (χ3n) is 3.44. The maximum Gasteiger partial charge on any atom is 0.229 e. The van der Waals surface area contributed by atoms with E-state index in [-0.39, 0.29) is 5.91 Å². The number of aromatic nitrogens is 2. The third kappa shape index (κ3) is 4.42.